The van der Waals surface area contributed by atoms with Crippen molar-refractivity contribution in [2.24, 2.45) is 5.73 Å². The van der Waals surface area contributed by atoms with E-state index in [0.29, 0.717) is 19.8 Å². The molecule has 0 amide bonds. The van der Waals surface area contributed by atoms with Crippen LogP contribution in [0.15, 0.2) is 24.3 Å². The van der Waals surface area contributed by atoms with Crippen LogP contribution < -0.4 is 5.73 Å². The molecule has 0 bridgehead atoms. The zero-order valence-electron chi connectivity index (χ0n) is 14.5. The second-order valence-electron chi connectivity index (χ2n) is 7.28. The molecule has 1 aromatic rings. The quantitative estimate of drug-likeness (QED) is 0.584. The van der Waals surface area contributed by atoms with Crippen LogP contribution in [0.5, 0.6) is 0 Å². The van der Waals surface area contributed by atoms with Gasteiger partial charge in [-0.3, -0.25) is 0 Å². The van der Waals surface area contributed by atoms with Gasteiger partial charge >= 0.3 is 0 Å². The van der Waals surface area contributed by atoms with Gasteiger partial charge in [0.25, 0.3) is 0 Å². The largest absolute Gasteiger partial charge is 0.415 e. The van der Waals surface area contributed by atoms with Crippen molar-refractivity contribution in [2.45, 2.75) is 51.4 Å². The van der Waals surface area contributed by atoms with E-state index >= 15 is 0 Å². The monoisotopic (exact) mass is 327 g/mol. The molecule has 1 aromatic carbocycles. The molecule has 5 heteroatoms. The smallest absolute Gasteiger partial charge is 0.192 e. The Kier molecular flexibility index (Phi) is 7.19. The number of ether oxygens (including phenoxy) is 1. The van der Waals surface area contributed by atoms with Gasteiger partial charge in [0.15, 0.2) is 8.32 Å². The van der Waals surface area contributed by atoms with Crippen molar-refractivity contribution in [2.75, 3.05) is 19.8 Å². The molecular weight excluding hydrogens is 297 g/mol. The topological polar surface area (TPSA) is 44.5 Å². The number of nitrogens with two attached hydrogens (primary N) is 1. The van der Waals surface area contributed by atoms with E-state index in [1.165, 1.54) is 12.1 Å². The first-order valence-electron chi connectivity index (χ1n) is 7.83. The van der Waals surface area contributed by atoms with Crippen molar-refractivity contribution in [1.29, 1.82) is 0 Å². The summed E-state index contributed by atoms with van der Waals surface area (Å²) in [5.41, 5.74) is 7.11. The van der Waals surface area contributed by atoms with Gasteiger partial charge < -0.3 is 14.9 Å². The maximum atomic E-state index is 12.8. The molecule has 1 rings (SSSR count). The maximum absolute atomic E-state index is 12.8. The van der Waals surface area contributed by atoms with Gasteiger partial charge in [0, 0.05) is 0 Å². The van der Waals surface area contributed by atoms with Crippen LogP contribution in [0.3, 0.4) is 0 Å². The molecule has 0 unspecified atom stereocenters. The van der Waals surface area contributed by atoms with Gasteiger partial charge in [0.05, 0.1) is 25.9 Å². The lowest BCUT2D eigenvalue weighted by Crippen LogP contribution is -2.45. The summed E-state index contributed by atoms with van der Waals surface area (Å²) >= 11 is 0. The van der Waals surface area contributed by atoms with E-state index in [-0.39, 0.29) is 16.9 Å². The molecule has 0 saturated carbocycles. The maximum Gasteiger partial charge on any atom is 0.192 e. The minimum absolute atomic E-state index is 0.109. The predicted octanol–water partition coefficient (Wildman–Crippen LogP) is 3.73. The molecule has 0 heterocycles. The van der Waals surface area contributed by atoms with Crippen molar-refractivity contribution < 1.29 is 13.6 Å². The first kappa shape index (κ1) is 19.3. The molecular formula is C17H30FNO2Si. The Morgan fingerprint density at radius 3 is 2.27 bits per heavy atom. The lowest BCUT2D eigenvalue weighted by atomic mass is 10.2. The van der Waals surface area contributed by atoms with Gasteiger partial charge in [-0.1, -0.05) is 32.9 Å². The van der Waals surface area contributed by atoms with E-state index < -0.39 is 8.32 Å². The SMILES string of the molecule is CC(C)(C)[Si](C)(C)OC[C@@H](N)COCCc1ccc(F)cc1. The fourth-order valence-electron chi connectivity index (χ4n) is 1.66. The second-order valence-corrected chi connectivity index (χ2v) is 12.1. The fraction of sp³-hybridized carbons (Fsp3) is 0.647. The summed E-state index contributed by atoms with van der Waals surface area (Å²) in [6, 6.07) is 6.38. The van der Waals surface area contributed by atoms with Crippen molar-refractivity contribution in [1.82, 2.24) is 0 Å². The number of halogens is 1. The highest BCUT2D eigenvalue weighted by atomic mass is 28.4. The fourth-order valence-corrected chi connectivity index (χ4v) is 2.72. The van der Waals surface area contributed by atoms with Crippen LogP contribution in [-0.4, -0.2) is 34.2 Å². The Balaban J connectivity index is 2.21. The zero-order chi connectivity index (χ0) is 16.8. The average Bonchev–Trinajstić information content (AvgIpc) is 2.42. The molecule has 0 aromatic heterocycles. The third-order valence-corrected chi connectivity index (χ3v) is 8.75. The number of rotatable bonds is 8. The van der Waals surface area contributed by atoms with Crippen molar-refractivity contribution in [3.63, 3.8) is 0 Å². The van der Waals surface area contributed by atoms with Crippen molar-refractivity contribution in [3.05, 3.63) is 35.6 Å². The summed E-state index contributed by atoms with van der Waals surface area (Å²) in [5.74, 6) is -0.213. The van der Waals surface area contributed by atoms with Crippen LogP contribution >= 0.6 is 0 Å². The average molecular weight is 328 g/mol. The zero-order valence-corrected chi connectivity index (χ0v) is 15.5. The third kappa shape index (κ3) is 6.56. The predicted molar refractivity (Wildman–Crippen MR) is 92.0 cm³/mol. The first-order valence-corrected chi connectivity index (χ1v) is 10.7. The van der Waals surface area contributed by atoms with Crippen LogP contribution in [0, 0.1) is 5.82 Å². The Morgan fingerprint density at radius 1 is 1.14 bits per heavy atom. The van der Waals surface area contributed by atoms with E-state index in [1.807, 2.05) is 0 Å². The number of hydrogen-bond acceptors (Lipinski definition) is 3. The molecule has 0 aliphatic carbocycles. The number of hydrogen-bond donors (Lipinski definition) is 1. The molecule has 126 valence electrons. The molecule has 0 fully saturated rings. The third-order valence-electron chi connectivity index (χ3n) is 4.24. The minimum Gasteiger partial charge on any atom is -0.415 e. The Hall–Kier alpha value is -0.753. The molecule has 3 nitrogen and oxygen atoms in total. The molecule has 2 N–H and O–H groups in total. The van der Waals surface area contributed by atoms with Gasteiger partial charge in [-0.2, -0.15) is 0 Å². The van der Waals surface area contributed by atoms with Gasteiger partial charge in [-0.05, 0) is 42.2 Å². The molecule has 0 aliphatic heterocycles. The molecule has 0 aliphatic rings. The standard InChI is InChI=1S/C17H30FNO2Si/c1-17(2,3)22(4,5)21-13-16(19)12-20-11-10-14-6-8-15(18)9-7-14/h6-9,16H,10-13,19H2,1-5H3/t16-/m0/s1. The van der Waals surface area contributed by atoms with Crippen molar-refractivity contribution in [3.8, 4) is 0 Å². The second kappa shape index (κ2) is 8.20. The highest BCUT2D eigenvalue weighted by Gasteiger charge is 2.37. The van der Waals surface area contributed by atoms with Crippen LogP contribution in [-0.2, 0) is 15.6 Å². The van der Waals surface area contributed by atoms with Gasteiger partial charge in [-0.25, -0.2) is 4.39 Å². The molecule has 1 atom stereocenters. The highest BCUT2D eigenvalue weighted by molar-refractivity contribution is 6.74. The van der Waals surface area contributed by atoms with Crippen LogP contribution in [0.2, 0.25) is 18.1 Å². The van der Waals surface area contributed by atoms with E-state index in [1.54, 1.807) is 12.1 Å². The summed E-state index contributed by atoms with van der Waals surface area (Å²) in [6.07, 6.45) is 0.760. The van der Waals surface area contributed by atoms with E-state index in [2.05, 4.69) is 33.9 Å². The Bertz CT molecular complexity index is 443. The summed E-state index contributed by atoms with van der Waals surface area (Å²) in [5, 5.41) is 0.191. The van der Waals surface area contributed by atoms with Gasteiger partial charge in [-0.15, -0.1) is 0 Å². The van der Waals surface area contributed by atoms with Gasteiger partial charge in [0.2, 0.25) is 0 Å². The van der Waals surface area contributed by atoms with Crippen LogP contribution in [0.1, 0.15) is 26.3 Å². The van der Waals surface area contributed by atoms with E-state index in [4.69, 9.17) is 14.9 Å². The summed E-state index contributed by atoms with van der Waals surface area (Å²) in [7, 11) is -1.74. The summed E-state index contributed by atoms with van der Waals surface area (Å²) in [4.78, 5) is 0. The Labute approximate surface area is 135 Å². The summed E-state index contributed by atoms with van der Waals surface area (Å²) < 4.78 is 24.5. The molecule has 0 saturated heterocycles. The highest BCUT2D eigenvalue weighted by Crippen LogP contribution is 2.36. The molecule has 0 radical (unpaired) electrons. The normalized spacial score (nSPS) is 14.1. The lowest BCUT2D eigenvalue weighted by molar-refractivity contribution is 0.105. The van der Waals surface area contributed by atoms with Crippen molar-refractivity contribution >= 4 is 8.32 Å². The summed E-state index contributed by atoms with van der Waals surface area (Å²) in [6.45, 7) is 12.7. The first-order chi connectivity index (χ1) is 10.1. The lowest BCUT2D eigenvalue weighted by Gasteiger charge is -2.36. The number of benzene rings is 1. The van der Waals surface area contributed by atoms with Crippen LogP contribution in [0.25, 0.3) is 0 Å². The minimum atomic E-state index is -1.74. The van der Waals surface area contributed by atoms with Crippen LogP contribution in [0.4, 0.5) is 4.39 Å². The van der Waals surface area contributed by atoms with E-state index in [0.717, 1.165) is 12.0 Å². The Morgan fingerprint density at radius 2 is 1.73 bits per heavy atom. The molecule has 22 heavy (non-hydrogen) atoms. The van der Waals surface area contributed by atoms with Gasteiger partial charge in [0.1, 0.15) is 5.82 Å². The van der Waals surface area contributed by atoms with E-state index in [9.17, 15) is 4.39 Å². The molecule has 0 spiro atoms.